The van der Waals surface area contributed by atoms with E-state index in [1.54, 1.807) is 0 Å². The summed E-state index contributed by atoms with van der Waals surface area (Å²) in [5, 5.41) is 18.6. The second kappa shape index (κ2) is 5.66. The molecule has 0 aliphatic carbocycles. The molecule has 0 atom stereocenters. The van der Waals surface area contributed by atoms with Crippen molar-refractivity contribution in [3.63, 3.8) is 0 Å². The normalized spacial score (nSPS) is 10.7. The molecule has 0 aliphatic heterocycles. The highest BCUT2D eigenvalue weighted by Crippen LogP contribution is 2.16. The summed E-state index contributed by atoms with van der Waals surface area (Å²) in [5.41, 5.74) is 0.643. The fourth-order valence-electron chi connectivity index (χ4n) is 1.61. The molecule has 0 saturated heterocycles. The number of hydrogen-bond acceptors (Lipinski definition) is 6. The third-order valence-electron chi connectivity index (χ3n) is 2.49. The molecule has 1 aromatic carbocycles. The van der Waals surface area contributed by atoms with E-state index in [0.717, 1.165) is 18.1 Å². The van der Waals surface area contributed by atoms with Crippen LogP contribution in [0.4, 0.5) is 5.82 Å². The van der Waals surface area contributed by atoms with Gasteiger partial charge >= 0.3 is 0 Å². The SMILES string of the molecule is c1ccc(SCCNc2ccc3nnnn3n2)cc1. The fraction of sp³-hybridized carbons (Fsp3) is 0.167. The third-order valence-corrected chi connectivity index (χ3v) is 3.50. The maximum Gasteiger partial charge on any atom is 0.200 e. The van der Waals surface area contributed by atoms with Crippen LogP contribution in [0, 0.1) is 0 Å². The molecule has 2 heterocycles. The smallest absolute Gasteiger partial charge is 0.200 e. The van der Waals surface area contributed by atoms with Gasteiger partial charge in [-0.05, 0) is 34.7 Å². The minimum atomic E-state index is 0.643. The Morgan fingerprint density at radius 2 is 2.00 bits per heavy atom. The summed E-state index contributed by atoms with van der Waals surface area (Å²) in [5.74, 6) is 1.74. The molecule has 19 heavy (non-hydrogen) atoms. The van der Waals surface area contributed by atoms with Crippen molar-refractivity contribution >= 4 is 23.2 Å². The molecular formula is C12H12N6S. The van der Waals surface area contributed by atoms with Gasteiger partial charge in [0.15, 0.2) is 5.65 Å². The third kappa shape index (κ3) is 3.00. The van der Waals surface area contributed by atoms with Gasteiger partial charge in [-0.2, -0.15) is 0 Å². The zero-order valence-electron chi connectivity index (χ0n) is 10.1. The van der Waals surface area contributed by atoms with Crippen LogP contribution in [-0.2, 0) is 0 Å². The van der Waals surface area contributed by atoms with Crippen LogP contribution in [0.5, 0.6) is 0 Å². The highest BCUT2D eigenvalue weighted by atomic mass is 32.2. The van der Waals surface area contributed by atoms with Crippen molar-refractivity contribution < 1.29 is 0 Å². The first-order valence-corrected chi connectivity index (χ1v) is 6.87. The van der Waals surface area contributed by atoms with E-state index in [0.29, 0.717) is 5.65 Å². The topological polar surface area (TPSA) is 68.0 Å². The number of hydrogen-bond donors (Lipinski definition) is 1. The van der Waals surface area contributed by atoms with E-state index >= 15 is 0 Å². The van der Waals surface area contributed by atoms with Gasteiger partial charge in [0.1, 0.15) is 5.82 Å². The summed E-state index contributed by atoms with van der Waals surface area (Å²) >= 11 is 1.81. The number of nitrogens with zero attached hydrogens (tertiary/aromatic N) is 5. The lowest BCUT2D eigenvalue weighted by molar-refractivity contribution is 0.735. The van der Waals surface area contributed by atoms with Gasteiger partial charge in [-0.25, -0.2) is 0 Å². The predicted octanol–water partition coefficient (Wildman–Crippen LogP) is 1.72. The maximum atomic E-state index is 4.24. The average molecular weight is 272 g/mol. The minimum absolute atomic E-state index is 0.643. The first-order chi connectivity index (χ1) is 9.42. The molecule has 6 nitrogen and oxygen atoms in total. The summed E-state index contributed by atoms with van der Waals surface area (Å²) < 4.78 is 1.41. The van der Waals surface area contributed by atoms with Crippen LogP contribution in [0.1, 0.15) is 0 Å². The summed E-state index contributed by atoms with van der Waals surface area (Å²) in [7, 11) is 0. The Hall–Kier alpha value is -2.15. The highest BCUT2D eigenvalue weighted by molar-refractivity contribution is 7.99. The molecule has 0 saturated carbocycles. The predicted molar refractivity (Wildman–Crippen MR) is 74.2 cm³/mol. The second-order valence-electron chi connectivity index (χ2n) is 3.83. The standard InChI is InChI=1S/C12H12N6S/c1-2-4-10(5-3-1)19-9-8-13-11-6-7-12-14-16-17-18(12)15-11/h1-7H,8-9H2,(H,13,15). The van der Waals surface area contributed by atoms with Crippen LogP contribution in [0.15, 0.2) is 47.4 Å². The van der Waals surface area contributed by atoms with Crippen molar-refractivity contribution in [2.75, 3.05) is 17.6 Å². The summed E-state index contributed by atoms with van der Waals surface area (Å²) in [6, 6.07) is 14.0. The summed E-state index contributed by atoms with van der Waals surface area (Å²) in [4.78, 5) is 1.27. The quantitative estimate of drug-likeness (QED) is 0.563. The molecule has 0 bridgehead atoms. The van der Waals surface area contributed by atoms with E-state index < -0.39 is 0 Å². The molecule has 2 aromatic heterocycles. The number of aromatic nitrogens is 5. The Balaban J connectivity index is 1.52. The van der Waals surface area contributed by atoms with Gasteiger partial charge in [-0.3, -0.25) is 0 Å². The Morgan fingerprint density at radius 3 is 2.89 bits per heavy atom. The summed E-state index contributed by atoms with van der Waals surface area (Å²) in [6.45, 7) is 0.834. The van der Waals surface area contributed by atoms with Gasteiger partial charge < -0.3 is 5.32 Å². The van der Waals surface area contributed by atoms with E-state index in [1.807, 2.05) is 42.1 Å². The average Bonchev–Trinajstić information content (AvgIpc) is 2.92. The lowest BCUT2D eigenvalue weighted by atomic mass is 10.4. The number of nitrogens with one attached hydrogen (secondary N) is 1. The van der Waals surface area contributed by atoms with Gasteiger partial charge in [0.25, 0.3) is 0 Å². The molecule has 96 valence electrons. The van der Waals surface area contributed by atoms with Gasteiger partial charge in [-0.1, -0.05) is 18.2 Å². The lowest BCUT2D eigenvalue weighted by Crippen LogP contribution is -2.07. The van der Waals surface area contributed by atoms with E-state index in [-0.39, 0.29) is 0 Å². The van der Waals surface area contributed by atoms with Crippen LogP contribution in [0.25, 0.3) is 5.65 Å². The number of tetrazole rings is 1. The van der Waals surface area contributed by atoms with E-state index in [4.69, 9.17) is 0 Å². The first-order valence-electron chi connectivity index (χ1n) is 5.89. The van der Waals surface area contributed by atoms with Crippen LogP contribution in [-0.4, -0.2) is 37.6 Å². The van der Waals surface area contributed by atoms with Crippen molar-refractivity contribution in [3.05, 3.63) is 42.5 Å². The molecule has 1 N–H and O–H groups in total. The van der Waals surface area contributed by atoms with E-state index in [2.05, 4.69) is 38.1 Å². The van der Waals surface area contributed by atoms with Crippen LogP contribution < -0.4 is 5.32 Å². The number of rotatable bonds is 5. The van der Waals surface area contributed by atoms with Gasteiger partial charge in [-0.15, -0.1) is 26.6 Å². The molecular weight excluding hydrogens is 260 g/mol. The van der Waals surface area contributed by atoms with Gasteiger partial charge in [0, 0.05) is 17.2 Å². The molecule has 0 radical (unpaired) electrons. The maximum absolute atomic E-state index is 4.24. The van der Waals surface area contributed by atoms with Crippen molar-refractivity contribution in [1.29, 1.82) is 0 Å². The first kappa shape index (κ1) is 11.9. The Labute approximate surface area is 114 Å². The minimum Gasteiger partial charge on any atom is -0.368 e. The van der Waals surface area contributed by atoms with Crippen LogP contribution in [0.3, 0.4) is 0 Å². The molecule has 0 spiro atoms. The monoisotopic (exact) mass is 272 g/mol. The lowest BCUT2D eigenvalue weighted by Gasteiger charge is -2.04. The van der Waals surface area contributed by atoms with Gasteiger partial charge in [0.2, 0.25) is 0 Å². The Bertz CT molecular complexity index is 653. The molecule has 0 fully saturated rings. The van der Waals surface area contributed by atoms with E-state index in [9.17, 15) is 0 Å². The van der Waals surface area contributed by atoms with Crippen molar-refractivity contribution in [2.24, 2.45) is 0 Å². The molecule has 0 aliphatic rings. The van der Waals surface area contributed by atoms with E-state index in [1.165, 1.54) is 9.53 Å². The molecule has 3 rings (SSSR count). The number of thioether (sulfide) groups is 1. The van der Waals surface area contributed by atoms with Crippen molar-refractivity contribution in [2.45, 2.75) is 4.90 Å². The summed E-state index contributed by atoms with van der Waals surface area (Å²) in [6.07, 6.45) is 0. The van der Waals surface area contributed by atoms with Gasteiger partial charge in [0.05, 0.1) is 0 Å². The molecule has 7 heteroatoms. The largest absolute Gasteiger partial charge is 0.368 e. The number of benzene rings is 1. The zero-order valence-corrected chi connectivity index (χ0v) is 10.9. The number of fused-ring (bicyclic) bond motifs is 1. The molecule has 0 unspecified atom stereocenters. The van der Waals surface area contributed by atoms with Crippen molar-refractivity contribution in [1.82, 2.24) is 25.3 Å². The molecule has 0 amide bonds. The number of anilines is 1. The second-order valence-corrected chi connectivity index (χ2v) is 5.00. The highest BCUT2D eigenvalue weighted by Gasteiger charge is 2.00. The Kier molecular flexibility index (Phi) is 3.55. The molecule has 3 aromatic rings. The Morgan fingerprint density at radius 1 is 1.11 bits per heavy atom. The van der Waals surface area contributed by atoms with Crippen LogP contribution >= 0.6 is 11.8 Å². The van der Waals surface area contributed by atoms with Crippen LogP contribution in [0.2, 0.25) is 0 Å². The zero-order chi connectivity index (χ0) is 12.9. The van der Waals surface area contributed by atoms with Crippen molar-refractivity contribution in [3.8, 4) is 0 Å². The fourth-order valence-corrected chi connectivity index (χ4v) is 2.40.